The molecule has 1 aliphatic rings. The van der Waals surface area contributed by atoms with Gasteiger partial charge in [0.15, 0.2) is 0 Å². The van der Waals surface area contributed by atoms with E-state index in [4.69, 9.17) is 9.15 Å². The van der Waals surface area contributed by atoms with E-state index in [0.717, 1.165) is 42.3 Å². The summed E-state index contributed by atoms with van der Waals surface area (Å²) in [6, 6.07) is 8.25. The van der Waals surface area contributed by atoms with Gasteiger partial charge in [-0.1, -0.05) is 12.1 Å². The van der Waals surface area contributed by atoms with Gasteiger partial charge in [-0.15, -0.1) is 0 Å². The third-order valence-corrected chi connectivity index (χ3v) is 3.90. The Balaban J connectivity index is 1.66. The van der Waals surface area contributed by atoms with Crippen LogP contribution >= 0.6 is 0 Å². The first kappa shape index (κ1) is 13.3. The van der Waals surface area contributed by atoms with Gasteiger partial charge in [-0.2, -0.15) is 0 Å². The molecule has 2 heterocycles. The molecule has 0 bridgehead atoms. The summed E-state index contributed by atoms with van der Waals surface area (Å²) >= 11 is 0. The number of rotatable bonds is 4. The minimum atomic E-state index is -0.461. The Morgan fingerprint density at radius 2 is 2.10 bits per heavy atom. The van der Waals surface area contributed by atoms with Gasteiger partial charge in [0.05, 0.1) is 12.7 Å². The van der Waals surface area contributed by atoms with Crippen LogP contribution < -0.4 is 4.74 Å². The lowest BCUT2D eigenvalue weighted by Crippen LogP contribution is -2.00. The van der Waals surface area contributed by atoms with E-state index in [1.807, 2.05) is 26.0 Å². The van der Waals surface area contributed by atoms with E-state index >= 15 is 0 Å². The molecule has 106 valence electrons. The first-order valence-electron chi connectivity index (χ1n) is 7.13. The summed E-state index contributed by atoms with van der Waals surface area (Å²) < 4.78 is 11.0. The van der Waals surface area contributed by atoms with Crippen LogP contribution in [0.4, 0.5) is 0 Å². The van der Waals surface area contributed by atoms with Gasteiger partial charge in [-0.25, -0.2) is 0 Å². The van der Waals surface area contributed by atoms with Gasteiger partial charge in [-0.05, 0) is 49.9 Å². The number of ether oxygens (including phenoxy) is 1. The summed E-state index contributed by atoms with van der Waals surface area (Å²) in [5.74, 6) is 2.68. The second-order valence-electron chi connectivity index (χ2n) is 5.46. The maximum atomic E-state index is 10.3. The summed E-state index contributed by atoms with van der Waals surface area (Å²) in [4.78, 5) is 0. The molecule has 0 fully saturated rings. The Morgan fingerprint density at radius 3 is 2.85 bits per heavy atom. The highest BCUT2D eigenvalue weighted by atomic mass is 16.5. The number of fused-ring (bicyclic) bond motifs is 1. The van der Waals surface area contributed by atoms with E-state index in [0.29, 0.717) is 6.42 Å². The van der Waals surface area contributed by atoms with Crippen LogP contribution in [0.3, 0.4) is 0 Å². The molecule has 1 aliphatic heterocycles. The highest BCUT2D eigenvalue weighted by molar-refractivity contribution is 5.39. The molecule has 1 aromatic carbocycles. The molecular weight excluding hydrogens is 252 g/mol. The number of aliphatic hydroxyl groups excluding tert-OH is 1. The van der Waals surface area contributed by atoms with Crippen molar-refractivity contribution in [3.63, 3.8) is 0 Å². The van der Waals surface area contributed by atoms with E-state index in [2.05, 4.69) is 12.1 Å². The quantitative estimate of drug-likeness (QED) is 0.926. The van der Waals surface area contributed by atoms with Crippen molar-refractivity contribution in [2.45, 2.75) is 39.2 Å². The maximum absolute atomic E-state index is 10.3. The van der Waals surface area contributed by atoms with Crippen molar-refractivity contribution < 1.29 is 14.3 Å². The first-order chi connectivity index (χ1) is 9.63. The monoisotopic (exact) mass is 272 g/mol. The van der Waals surface area contributed by atoms with Crippen LogP contribution in [0.25, 0.3) is 0 Å². The molecule has 0 saturated carbocycles. The molecule has 20 heavy (non-hydrogen) atoms. The standard InChI is InChI=1S/C17H20O3/c1-11-9-15(12(2)20-11)16(18)5-3-13-4-6-17-14(10-13)7-8-19-17/h4,6,9-10,16,18H,3,5,7-8H2,1-2H3. The SMILES string of the molecule is Cc1cc(C(O)CCc2ccc3c(c2)CCO3)c(C)o1. The van der Waals surface area contributed by atoms with Gasteiger partial charge in [0, 0.05) is 12.0 Å². The molecule has 1 N–H and O–H groups in total. The van der Waals surface area contributed by atoms with Crippen LogP contribution in [0.5, 0.6) is 5.75 Å². The smallest absolute Gasteiger partial charge is 0.122 e. The fourth-order valence-electron chi connectivity index (χ4n) is 2.84. The van der Waals surface area contributed by atoms with E-state index in [9.17, 15) is 5.11 Å². The Bertz CT molecular complexity index is 613. The van der Waals surface area contributed by atoms with E-state index in [1.165, 1.54) is 11.1 Å². The molecule has 3 rings (SSSR count). The molecule has 0 saturated heterocycles. The Kier molecular flexibility index (Phi) is 3.53. The number of hydrogen-bond donors (Lipinski definition) is 1. The van der Waals surface area contributed by atoms with Gasteiger partial charge < -0.3 is 14.3 Å². The largest absolute Gasteiger partial charge is 0.493 e. The number of aliphatic hydroxyl groups is 1. The predicted octanol–water partition coefficient (Wildman–Crippen LogP) is 3.50. The fraction of sp³-hybridized carbons (Fsp3) is 0.412. The van der Waals surface area contributed by atoms with Crippen LogP contribution in [0.1, 0.15) is 40.7 Å². The van der Waals surface area contributed by atoms with E-state index < -0.39 is 6.10 Å². The third kappa shape index (κ3) is 2.59. The van der Waals surface area contributed by atoms with Crippen molar-refractivity contribution in [3.05, 3.63) is 52.5 Å². The molecule has 0 radical (unpaired) electrons. The second-order valence-corrected chi connectivity index (χ2v) is 5.46. The maximum Gasteiger partial charge on any atom is 0.122 e. The summed E-state index contributed by atoms with van der Waals surface area (Å²) in [5, 5.41) is 10.3. The van der Waals surface area contributed by atoms with Crippen LogP contribution in [0, 0.1) is 13.8 Å². The number of benzene rings is 1. The average molecular weight is 272 g/mol. The highest BCUT2D eigenvalue weighted by Gasteiger charge is 2.16. The molecule has 2 aromatic rings. The number of furan rings is 1. The molecule has 1 atom stereocenters. The zero-order chi connectivity index (χ0) is 14.1. The van der Waals surface area contributed by atoms with Crippen LogP contribution in [0.15, 0.2) is 28.7 Å². The molecule has 0 aliphatic carbocycles. The molecule has 0 spiro atoms. The molecule has 1 unspecified atom stereocenters. The fourth-order valence-corrected chi connectivity index (χ4v) is 2.84. The number of aryl methyl sites for hydroxylation is 3. The molecule has 1 aromatic heterocycles. The topological polar surface area (TPSA) is 42.6 Å². The zero-order valence-electron chi connectivity index (χ0n) is 12.0. The predicted molar refractivity (Wildman–Crippen MR) is 77.1 cm³/mol. The Hall–Kier alpha value is -1.74. The van der Waals surface area contributed by atoms with Crippen molar-refractivity contribution in [2.75, 3.05) is 6.61 Å². The Labute approximate surface area is 119 Å². The van der Waals surface area contributed by atoms with Crippen molar-refractivity contribution in [3.8, 4) is 5.75 Å². The summed E-state index contributed by atoms with van der Waals surface area (Å²) in [5.41, 5.74) is 3.45. The first-order valence-corrected chi connectivity index (χ1v) is 7.13. The average Bonchev–Trinajstić information content (AvgIpc) is 3.01. The lowest BCUT2D eigenvalue weighted by molar-refractivity contribution is 0.166. The third-order valence-electron chi connectivity index (χ3n) is 3.90. The summed E-state index contributed by atoms with van der Waals surface area (Å²) in [6.07, 6.45) is 2.10. The minimum absolute atomic E-state index is 0.461. The van der Waals surface area contributed by atoms with Crippen molar-refractivity contribution in [1.29, 1.82) is 0 Å². The lowest BCUT2D eigenvalue weighted by atomic mass is 10.00. The normalized spacial score (nSPS) is 14.9. The van der Waals surface area contributed by atoms with E-state index in [-0.39, 0.29) is 0 Å². The lowest BCUT2D eigenvalue weighted by Gasteiger charge is -2.10. The second kappa shape index (κ2) is 5.33. The molecule has 0 amide bonds. The molecule has 3 nitrogen and oxygen atoms in total. The van der Waals surface area contributed by atoms with Gasteiger partial charge in [-0.3, -0.25) is 0 Å². The highest BCUT2D eigenvalue weighted by Crippen LogP contribution is 2.28. The molecule has 3 heteroatoms. The zero-order valence-corrected chi connectivity index (χ0v) is 12.0. The Morgan fingerprint density at radius 1 is 1.25 bits per heavy atom. The minimum Gasteiger partial charge on any atom is -0.493 e. The van der Waals surface area contributed by atoms with Gasteiger partial charge in [0.2, 0.25) is 0 Å². The van der Waals surface area contributed by atoms with Crippen molar-refractivity contribution in [1.82, 2.24) is 0 Å². The van der Waals surface area contributed by atoms with E-state index in [1.54, 1.807) is 0 Å². The van der Waals surface area contributed by atoms with Crippen LogP contribution in [-0.4, -0.2) is 11.7 Å². The number of hydrogen-bond acceptors (Lipinski definition) is 3. The van der Waals surface area contributed by atoms with Crippen LogP contribution in [0.2, 0.25) is 0 Å². The molecular formula is C17H20O3. The van der Waals surface area contributed by atoms with Gasteiger partial charge in [0.1, 0.15) is 17.3 Å². The van der Waals surface area contributed by atoms with Crippen molar-refractivity contribution in [2.24, 2.45) is 0 Å². The van der Waals surface area contributed by atoms with Gasteiger partial charge >= 0.3 is 0 Å². The summed E-state index contributed by atoms with van der Waals surface area (Å²) in [6.45, 7) is 4.59. The van der Waals surface area contributed by atoms with Crippen LogP contribution in [-0.2, 0) is 12.8 Å². The van der Waals surface area contributed by atoms with Crippen molar-refractivity contribution >= 4 is 0 Å². The summed E-state index contributed by atoms with van der Waals surface area (Å²) in [7, 11) is 0. The van der Waals surface area contributed by atoms with Gasteiger partial charge in [0.25, 0.3) is 0 Å².